The Kier molecular flexibility index (Phi) is 7.20. The van der Waals surface area contributed by atoms with Gasteiger partial charge in [0.05, 0.1) is 0 Å². The van der Waals surface area contributed by atoms with Crippen molar-refractivity contribution >= 4 is 0 Å². The number of hydrogen-bond acceptors (Lipinski definition) is 2. The first-order valence-corrected chi connectivity index (χ1v) is 5.84. The Labute approximate surface area is 90.3 Å². The van der Waals surface area contributed by atoms with E-state index in [9.17, 15) is 0 Å². The molecule has 0 saturated heterocycles. The van der Waals surface area contributed by atoms with Crippen LogP contribution in [0.5, 0.6) is 0 Å². The van der Waals surface area contributed by atoms with Gasteiger partial charge in [-0.1, -0.05) is 26.7 Å². The topological polar surface area (TPSA) is 6.48 Å². The minimum atomic E-state index is 0.743. The van der Waals surface area contributed by atoms with Crippen molar-refractivity contribution in [1.29, 1.82) is 0 Å². The summed E-state index contributed by atoms with van der Waals surface area (Å²) in [6.07, 6.45) is 3.88. The molecule has 0 aromatic heterocycles. The Morgan fingerprint density at radius 1 is 1.00 bits per heavy atom. The third kappa shape index (κ3) is 4.97. The molecule has 0 aromatic rings. The molecule has 0 aromatic carbocycles. The average molecular weight is 200 g/mol. The highest BCUT2D eigenvalue weighted by Gasteiger charge is 2.21. The summed E-state index contributed by atoms with van der Waals surface area (Å²) in [5.74, 6) is 0.806. The van der Waals surface area contributed by atoms with Gasteiger partial charge in [-0.25, -0.2) is 0 Å². The number of nitrogens with zero attached hydrogens (tertiary/aromatic N) is 2. The second kappa shape index (κ2) is 7.24. The van der Waals surface area contributed by atoms with Gasteiger partial charge in [0.2, 0.25) is 0 Å². The van der Waals surface area contributed by atoms with Crippen LogP contribution in [0.4, 0.5) is 0 Å². The summed E-state index contributed by atoms with van der Waals surface area (Å²) >= 11 is 0. The molecule has 0 saturated carbocycles. The van der Waals surface area contributed by atoms with E-state index in [1.165, 1.54) is 25.8 Å². The highest BCUT2D eigenvalue weighted by Crippen LogP contribution is 2.18. The summed E-state index contributed by atoms with van der Waals surface area (Å²) in [7, 11) is 8.75. The average Bonchev–Trinajstić information content (AvgIpc) is 2.10. The summed E-state index contributed by atoms with van der Waals surface area (Å²) in [4.78, 5) is 4.70. The maximum Gasteiger partial charge on any atom is 0.0129 e. The third-order valence-electron chi connectivity index (χ3n) is 2.92. The molecule has 0 bridgehead atoms. The summed E-state index contributed by atoms with van der Waals surface area (Å²) in [5, 5.41) is 0. The van der Waals surface area contributed by atoms with Crippen LogP contribution in [0.15, 0.2) is 0 Å². The van der Waals surface area contributed by atoms with Crippen LogP contribution in [0.25, 0.3) is 0 Å². The smallest absolute Gasteiger partial charge is 0.0129 e. The first-order chi connectivity index (χ1) is 6.52. The lowest BCUT2D eigenvalue weighted by molar-refractivity contribution is 0.160. The van der Waals surface area contributed by atoms with E-state index in [1.54, 1.807) is 0 Å². The van der Waals surface area contributed by atoms with Gasteiger partial charge in [-0.05, 0) is 40.5 Å². The molecular formula is C12H28N2. The lowest BCUT2D eigenvalue weighted by Gasteiger charge is -2.33. The molecule has 0 heterocycles. The molecule has 0 radical (unpaired) electrons. The highest BCUT2D eigenvalue weighted by molar-refractivity contribution is 4.76. The van der Waals surface area contributed by atoms with E-state index >= 15 is 0 Å². The van der Waals surface area contributed by atoms with Gasteiger partial charge in [-0.3, -0.25) is 0 Å². The minimum absolute atomic E-state index is 0.743. The van der Waals surface area contributed by atoms with Crippen LogP contribution in [0, 0.1) is 5.92 Å². The fourth-order valence-corrected chi connectivity index (χ4v) is 2.20. The van der Waals surface area contributed by atoms with Gasteiger partial charge in [-0.15, -0.1) is 0 Å². The third-order valence-corrected chi connectivity index (χ3v) is 2.92. The fraction of sp³-hybridized carbons (Fsp3) is 1.00. The van der Waals surface area contributed by atoms with Crippen LogP contribution in [0.1, 0.15) is 33.1 Å². The van der Waals surface area contributed by atoms with Crippen molar-refractivity contribution in [2.75, 3.05) is 34.7 Å². The highest BCUT2D eigenvalue weighted by atomic mass is 15.1. The van der Waals surface area contributed by atoms with E-state index in [-0.39, 0.29) is 0 Å². The molecule has 0 spiro atoms. The van der Waals surface area contributed by atoms with Gasteiger partial charge >= 0.3 is 0 Å². The van der Waals surface area contributed by atoms with Crippen molar-refractivity contribution < 1.29 is 0 Å². The zero-order chi connectivity index (χ0) is 11.1. The van der Waals surface area contributed by atoms with Crippen molar-refractivity contribution in [2.45, 2.75) is 39.2 Å². The molecule has 0 fully saturated rings. The molecular weight excluding hydrogens is 172 g/mol. The molecule has 0 N–H and O–H groups in total. The van der Waals surface area contributed by atoms with Crippen LogP contribution < -0.4 is 0 Å². The van der Waals surface area contributed by atoms with E-state index < -0.39 is 0 Å². The van der Waals surface area contributed by atoms with E-state index in [0.717, 1.165) is 12.0 Å². The van der Waals surface area contributed by atoms with Gasteiger partial charge in [0.15, 0.2) is 0 Å². The van der Waals surface area contributed by atoms with Crippen LogP contribution >= 0.6 is 0 Å². The maximum atomic E-state index is 2.39. The zero-order valence-electron chi connectivity index (χ0n) is 10.9. The van der Waals surface area contributed by atoms with Crippen molar-refractivity contribution in [2.24, 2.45) is 5.92 Å². The van der Waals surface area contributed by atoms with Crippen LogP contribution in [0.3, 0.4) is 0 Å². The quantitative estimate of drug-likeness (QED) is 0.622. The van der Waals surface area contributed by atoms with Gasteiger partial charge in [0.25, 0.3) is 0 Å². The van der Waals surface area contributed by atoms with E-state index in [1.807, 2.05) is 0 Å². The standard InChI is InChI=1S/C12H28N2/c1-7-9-12(14(5)6)11(8-2)10-13(3)4/h11-12H,7-10H2,1-6H3/t11-,12-/m0/s1. The lowest BCUT2D eigenvalue weighted by atomic mass is 9.92. The molecule has 14 heavy (non-hydrogen) atoms. The van der Waals surface area contributed by atoms with Crippen LogP contribution in [0.2, 0.25) is 0 Å². The summed E-state index contributed by atoms with van der Waals surface area (Å²) in [5.41, 5.74) is 0. The molecule has 0 aliphatic heterocycles. The van der Waals surface area contributed by atoms with Crippen LogP contribution in [-0.4, -0.2) is 50.6 Å². The van der Waals surface area contributed by atoms with Gasteiger partial charge < -0.3 is 9.80 Å². The van der Waals surface area contributed by atoms with Crippen LogP contribution in [-0.2, 0) is 0 Å². The second-order valence-electron chi connectivity index (χ2n) is 4.75. The SMILES string of the molecule is CCC[C@@H]([C@@H](CC)CN(C)C)N(C)C. The number of hydrogen-bond donors (Lipinski definition) is 0. The van der Waals surface area contributed by atoms with Crippen molar-refractivity contribution in [3.8, 4) is 0 Å². The Bertz CT molecular complexity index is 132. The van der Waals surface area contributed by atoms with Gasteiger partial charge in [0.1, 0.15) is 0 Å². The second-order valence-corrected chi connectivity index (χ2v) is 4.75. The Morgan fingerprint density at radius 3 is 1.86 bits per heavy atom. The van der Waals surface area contributed by atoms with Gasteiger partial charge in [0, 0.05) is 12.6 Å². The monoisotopic (exact) mass is 200 g/mol. The molecule has 0 aliphatic carbocycles. The first kappa shape index (κ1) is 13.9. The number of rotatable bonds is 7. The van der Waals surface area contributed by atoms with E-state index in [0.29, 0.717) is 0 Å². The fourth-order valence-electron chi connectivity index (χ4n) is 2.20. The minimum Gasteiger partial charge on any atom is -0.309 e. The summed E-state index contributed by atoms with van der Waals surface area (Å²) < 4.78 is 0. The Hall–Kier alpha value is -0.0800. The van der Waals surface area contributed by atoms with Crippen molar-refractivity contribution in [1.82, 2.24) is 9.80 Å². The predicted molar refractivity (Wildman–Crippen MR) is 64.7 cm³/mol. The van der Waals surface area contributed by atoms with E-state index in [2.05, 4.69) is 51.8 Å². The molecule has 2 atom stereocenters. The summed E-state index contributed by atoms with van der Waals surface area (Å²) in [6.45, 7) is 5.79. The van der Waals surface area contributed by atoms with Crippen molar-refractivity contribution in [3.05, 3.63) is 0 Å². The first-order valence-electron chi connectivity index (χ1n) is 5.84. The molecule has 0 aliphatic rings. The van der Waals surface area contributed by atoms with Gasteiger partial charge in [-0.2, -0.15) is 0 Å². The molecule has 2 heteroatoms. The summed E-state index contributed by atoms with van der Waals surface area (Å²) in [6, 6.07) is 0.743. The Morgan fingerprint density at radius 2 is 1.57 bits per heavy atom. The molecule has 0 unspecified atom stereocenters. The maximum absolute atomic E-state index is 2.39. The molecule has 0 amide bonds. The Balaban J connectivity index is 4.25. The van der Waals surface area contributed by atoms with E-state index in [4.69, 9.17) is 0 Å². The molecule has 86 valence electrons. The normalized spacial score (nSPS) is 16.3. The lowest BCUT2D eigenvalue weighted by Crippen LogP contribution is -2.39. The van der Waals surface area contributed by atoms with Crippen molar-refractivity contribution in [3.63, 3.8) is 0 Å². The predicted octanol–water partition coefficient (Wildman–Crippen LogP) is 2.30. The zero-order valence-corrected chi connectivity index (χ0v) is 10.9. The largest absolute Gasteiger partial charge is 0.309 e. The molecule has 2 nitrogen and oxygen atoms in total. The molecule has 0 rings (SSSR count).